The van der Waals surface area contributed by atoms with Crippen LogP contribution in [0.5, 0.6) is 5.75 Å². The highest BCUT2D eigenvalue weighted by Gasteiger charge is 2.24. The van der Waals surface area contributed by atoms with E-state index in [9.17, 15) is 13.2 Å². The van der Waals surface area contributed by atoms with Gasteiger partial charge in [-0.05, 0) is 50.1 Å². The van der Waals surface area contributed by atoms with Crippen molar-refractivity contribution < 1.29 is 17.9 Å². The Bertz CT molecular complexity index is 1360. The van der Waals surface area contributed by atoms with E-state index in [4.69, 9.17) is 16.3 Å². The molecule has 0 bridgehead atoms. The van der Waals surface area contributed by atoms with Gasteiger partial charge in [-0.3, -0.25) is 4.79 Å². The first-order chi connectivity index (χ1) is 16.2. The number of halogens is 1. The molecule has 9 nitrogen and oxygen atoms in total. The Morgan fingerprint density at radius 1 is 1.15 bits per heavy atom. The molecule has 0 fully saturated rings. The first kappa shape index (κ1) is 23.8. The Morgan fingerprint density at radius 2 is 1.91 bits per heavy atom. The third-order valence-electron chi connectivity index (χ3n) is 5.41. The molecule has 11 heteroatoms. The Balaban J connectivity index is 1.68. The van der Waals surface area contributed by atoms with Crippen molar-refractivity contribution in [2.24, 2.45) is 0 Å². The molecular weight excluding hydrogens is 478 g/mol. The number of nitrogens with zero attached hydrogens (tertiary/aromatic N) is 2. The third-order valence-corrected chi connectivity index (χ3v) is 7.89. The number of anilines is 4. The topological polar surface area (TPSA) is 122 Å². The van der Waals surface area contributed by atoms with Crippen molar-refractivity contribution in [3.63, 3.8) is 0 Å². The number of carbonyl (C=O) groups is 1. The number of rotatable bonds is 7. The van der Waals surface area contributed by atoms with Crippen molar-refractivity contribution in [1.29, 1.82) is 0 Å². The van der Waals surface area contributed by atoms with Crippen LogP contribution in [0, 0.1) is 0 Å². The van der Waals surface area contributed by atoms with Crippen LogP contribution in [0.4, 0.5) is 23.1 Å². The van der Waals surface area contributed by atoms with Gasteiger partial charge >= 0.3 is 0 Å². The van der Waals surface area contributed by atoms with Crippen LogP contribution in [-0.2, 0) is 16.3 Å². The number of hydrogen-bond donors (Lipinski definition) is 3. The highest BCUT2D eigenvalue weighted by Crippen LogP contribution is 2.34. The van der Waals surface area contributed by atoms with Crippen LogP contribution in [0.15, 0.2) is 47.5 Å². The third kappa shape index (κ3) is 4.64. The number of para-hydroxylation sites is 1. The number of amides is 1. The molecule has 1 aliphatic heterocycles. The predicted molar refractivity (Wildman–Crippen MR) is 131 cm³/mol. The molecule has 1 aromatic heterocycles. The Morgan fingerprint density at radius 3 is 2.65 bits per heavy atom. The minimum Gasteiger partial charge on any atom is -0.495 e. The number of carbonyl (C=O) groups excluding carboxylic acids is 1. The summed E-state index contributed by atoms with van der Waals surface area (Å²) in [5, 5.41) is 8.52. The van der Waals surface area contributed by atoms with Crippen LogP contribution in [-0.4, -0.2) is 43.2 Å². The lowest BCUT2D eigenvalue weighted by atomic mass is 9.99. The van der Waals surface area contributed by atoms with E-state index in [-0.39, 0.29) is 27.6 Å². The molecule has 1 amide bonds. The maximum absolute atomic E-state index is 12.8. The highest BCUT2D eigenvalue weighted by molar-refractivity contribution is 7.92. The summed E-state index contributed by atoms with van der Waals surface area (Å²) in [5.41, 5.74) is 2.31. The first-order valence-corrected chi connectivity index (χ1v) is 12.5. The molecule has 1 aliphatic rings. The van der Waals surface area contributed by atoms with Gasteiger partial charge in [-0.2, -0.15) is 4.98 Å². The fourth-order valence-electron chi connectivity index (χ4n) is 3.55. The monoisotopic (exact) mass is 501 g/mol. The molecular formula is C23H24ClN5O4S. The van der Waals surface area contributed by atoms with Crippen LogP contribution in [0.1, 0.15) is 29.8 Å². The van der Waals surface area contributed by atoms with Gasteiger partial charge in [0, 0.05) is 12.1 Å². The van der Waals surface area contributed by atoms with E-state index < -0.39 is 15.1 Å². The van der Waals surface area contributed by atoms with Crippen molar-refractivity contribution in [2.45, 2.75) is 30.4 Å². The van der Waals surface area contributed by atoms with Crippen molar-refractivity contribution in [3.05, 3.63) is 58.7 Å². The molecule has 4 rings (SSSR count). The summed E-state index contributed by atoms with van der Waals surface area (Å²) in [6.07, 6.45) is 2.11. The zero-order chi connectivity index (χ0) is 24.5. The summed E-state index contributed by atoms with van der Waals surface area (Å²) in [6.45, 7) is 3.82. The van der Waals surface area contributed by atoms with Gasteiger partial charge in [0.1, 0.15) is 10.8 Å². The summed E-state index contributed by atoms with van der Waals surface area (Å²) >= 11 is 6.31. The lowest BCUT2D eigenvalue weighted by Gasteiger charge is -2.20. The van der Waals surface area contributed by atoms with Crippen molar-refractivity contribution in [3.8, 4) is 5.75 Å². The second-order valence-corrected chi connectivity index (χ2v) is 10.8. The van der Waals surface area contributed by atoms with Crippen LogP contribution in [0.3, 0.4) is 0 Å². The lowest BCUT2D eigenvalue weighted by molar-refractivity contribution is 0.0946. The Hall–Kier alpha value is -3.37. The maximum atomic E-state index is 12.8. The van der Waals surface area contributed by atoms with Crippen molar-refractivity contribution >= 4 is 50.5 Å². The van der Waals surface area contributed by atoms with E-state index >= 15 is 0 Å². The van der Waals surface area contributed by atoms with Crippen LogP contribution < -0.4 is 20.7 Å². The van der Waals surface area contributed by atoms with E-state index in [1.165, 1.54) is 19.4 Å². The fraction of sp³-hybridized carbons (Fsp3) is 0.261. The van der Waals surface area contributed by atoms with Gasteiger partial charge < -0.3 is 20.7 Å². The van der Waals surface area contributed by atoms with Gasteiger partial charge in [0.15, 0.2) is 15.7 Å². The molecule has 2 aromatic carbocycles. The van der Waals surface area contributed by atoms with Crippen LogP contribution in [0.25, 0.3) is 0 Å². The first-order valence-electron chi connectivity index (χ1n) is 10.6. The lowest BCUT2D eigenvalue weighted by Crippen LogP contribution is -2.31. The predicted octanol–water partition coefficient (Wildman–Crippen LogP) is 4.09. The molecule has 0 atom stereocenters. The largest absolute Gasteiger partial charge is 0.495 e. The van der Waals surface area contributed by atoms with Crippen molar-refractivity contribution in [1.82, 2.24) is 15.3 Å². The van der Waals surface area contributed by atoms with Gasteiger partial charge in [-0.1, -0.05) is 23.7 Å². The average Bonchev–Trinajstić information content (AvgIpc) is 2.81. The van der Waals surface area contributed by atoms with Gasteiger partial charge in [0.25, 0.3) is 5.91 Å². The molecule has 34 heavy (non-hydrogen) atoms. The van der Waals surface area contributed by atoms with E-state index in [2.05, 4.69) is 25.9 Å². The number of sulfone groups is 1. The number of fused-ring (bicyclic) bond motifs is 1. The number of ether oxygens (including phenoxy) is 1. The Labute approximate surface area is 202 Å². The number of methoxy groups -OCH3 is 1. The zero-order valence-electron chi connectivity index (χ0n) is 18.8. The molecule has 0 saturated carbocycles. The minimum absolute atomic E-state index is 0.150. The summed E-state index contributed by atoms with van der Waals surface area (Å²) in [6, 6.07) is 10.1. The van der Waals surface area contributed by atoms with E-state index in [1.54, 1.807) is 38.1 Å². The van der Waals surface area contributed by atoms with E-state index in [0.29, 0.717) is 35.7 Å². The summed E-state index contributed by atoms with van der Waals surface area (Å²) in [4.78, 5) is 21.0. The molecule has 0 saturated heterocycles. The quantitative estimate of drug-likeness (QED) is 0.442. The Kier molecular flexibility index (Phi) is 6.63. The number of hydrogen-bond acceptors (Lipinski definition) is 8. The van der Waals surface area contributed by atoms with Crippen molar-refractivity contribution in [2.75, 3.05) is 24.3 Å². The molecule has 0 radical (unpaired) electrons. The normalized spacial score (nSPS) is 13.3. The smallest absolute Gasteiger partial charge is 0.251 e. The number of benzene rings is 2. The van der Waals surface area contributed by atoms with Crippen LogP contribution >= 0.6 is 11.6 Å². The average molecular weight is 502 g/mol. The minimum atomic E-state index is -3.54. The summed E-state index contributed by atoms with van der Waals surface area (Å²) in [7, 11) is -2.00. The molecule has 178 valence electrons. The molecule has 3 aromatic rings. The van der Waals surface area contributed by atoms with E-state index in [0.717, 1.165) is 5.56 Å². The fourth-order valence-corrected chi connectivity index (χ4v) is 4.89. The van der Waals surface area contributed by atoms with Gasteiger partial charge in [-0.25, -0.2) is 13.4 Å². The zero-order valence-corrected chi connectivity index (χ0v) is 20.4. The molecule has 0 spiro atoms. The van der Waals surface area contributed by atoms with Gasteiger partial charge in [0.05, 0.1) is 34.8 Å². The molecule has 3 N–H and O–H groups in total. The second kappa shape index (κ2) is 9.47. The molecule has 0 unspecified atom stereocenters. The number of nitrogens with one attached hydrogen (secondary N) is 3. The molecule has 2 heterocycles. The SMILES string of the molecule is COc1cc2c(cc1Nc1ncc(Cl)c(Nc3ccccc3S(=O)(=O)C(C)C)n1)C(=O)NCC2. The summed E-state index contributed by atoms with van der Waals surface area (Å²) < 4.78 is 31.1. The number of aromatic nitrogens is 2. The standard InChI is InChI=1S/C23H24ClN5O4S/c1-13(2)34(31,32)20-7-5-4-6-17(20)27-21-16(24)12-26-23(29-21)28-18-11-15-14(10-19(18)33-3)8-9-25-22(15)30/h4-7,10-13H,8-9H2,1-3H3,(H,25,30)(H2,26,27,28,29). The second-order valence-electron chi connectivity index (χ2n) is 7.95. The van der Waals surface area contributed by atoms with Gasteiger partial charge in [-0.15, -0.1) is 0 Å². The molecule has 0 aliphatic carbocycles. The van der Waals surface area contributed by atoms with Gasteiger partial charge in [0.2, 0.25) is 5.95 Å². The summed E-state index contributed by atoms with van der Waals surface area (Å²) in [5.74, 6) is 0.787. The van der Waals surface area contributed by atoms with E-state index in [1.807, 2.05) is 6.07 Å². The van der Waals surface area contributed by atoms with Crippen LogP contribution in [0.2, 0.25) is 5.02 Å². The maximum Gasteiger partial charge on any atom is 0.251 e. The highest BCUT2D eigenvalue weighted by atomic mass is 35.5.